The van der Waals surface area contributed by atoms with Crippen LogP contribution >= 0.6 is 9.24 Å². The molecule has 0 N–H and O–H groups in total. The van der Waals surface area contributed by atoms with Gasteiger partial charge in [-0.1, -0.05) is 13.3 Å². The first-order chi connectivity index (χ1) is 6.17. The van der Waals surface area contributed by atoms with Crippen molar-refractivity contribution in [2.75, 3.05) is 0 Å². The van der Waals surface area contributed by atoms with Gasteiger partial charge < -0.3 is 0 Å². The summed E-state index contributed by atoms with van der Waals surface area (Å²) in [6.45, 7) is 2.54. The van der Waals surface area contributed by atoms with Crippen molar-refractivity contribution >= 4 is 9.24 Å². The molecule has 0 radical (unpaired) electrons. The maximum Gasteiger partial charge on any atom is -0.0119 e. The lowest BCUT2D eigenvalue weighted by Crippen LogP contribution is -2.44. The van der Waals surface area contributed by atoms with Gasteiger partial charge in [0.1, 0.15) is 0 Å². The summed E-state index contributed by atoms with van der Waals surface area (Å²) in [5.74, 6) is 2.11. The SMILES string of the molecule is C[C@@H]1C2(P)CCCC3CCC31CC2. The molecule has 0 aromatic heterocycles. The molecule has 4 unspecified atom stereocenters. The van der Waals surface area contributed by atoms with Gasteiger partial charge in [-0.3, -0.25) is 0 Å². The fourth-order valence-corrected chi connectivity index (χ4v) is 5.22. The van der Waals surface area contributed by atoms with Crippen LogP contribution in [-0.4, -0.2) is 5.16 Å². The van der Waals surface area contributed by atoms with Gasteiger partial charge in [-0.2, -0.15) is 0 Å². The Hall–Kier alpha value is 0.430. The van der Waals surface area contributed by atoms with Crippen molar-refractivity contribution in [2.45, 2.75) is 57.0 Å². The first-order valence-corrected chi connectivity index (χ1v) is 6.54. The van der Waals surface area contributed by atoms with Crippen LogP contribution in [0.4, 0.5) is 0 Å². The zero-order valence-electron chi connectivity index (χ0n) is 8.68. The van der Waals surface area contributed by atoms with Gasteiger partial charge in [-0.25, -0.2) is 0 Å². The Morgan fingerprint density at radius 2 is 1.92 bits per heavy atom. The van der Waals surface area contributed by atoms with Crippen molar-refractivity contribution in [2.24, 2.45) is 17.3 Å². The molecule has 0 heterocycles. The molecule has 0 nitrogen and oxygen atoms in total. The molecule has 3 fully saturated rings. The van der Waals surface area contributed by atoms with Crippen molar-refractivity contribution < 1.29 is 0 Å². The highest BCUT2D eigenvalue weighted by Gasteiger charge is 2.60. The molecule has 0 aromatic carbocycles. The molecule has 74 valence electrons. The molecular weight excluding hydrogens is 175 g/mol. The van der Waals surface area contributed by atoms with Gasteiger partial charge in [-0.05, 0) is 60.9 Å². The fraction of sp³-hybridized carbons (Fsp3) is 1.00. The Bertz CT molecular complexity index is 233. The van der Waals surface area contributed by atoms with E-state index in [4.69, 9.17) is 0 Å². The van der Waals surface area contributed by atoms with Crippen LogP contribution in [0.3, 0.4) is 0 Å². The van der Waals surface area contributed by atoms with Crippen molar-refractivity contribution in [3.63, 3.8) is 0 Å². The third-order valence-electron chi connectivity index (χ3n) is 5.75. The second kappa shape index (κ2) is 2.51. The summed E-state index contributed by atoms with van der Waals surface area (Å²) < 4.78 is 0. The summed E-state index contributed by atoms with van der Waals surface area (Å²) in [5.41, 5.74) is 0.818. The Kier molecular flexibility index (Phi) is 1.68. The lowest BCUT2D eigenvalue weighted by Gasteiger charge is -2.51. The quantitative estimate of drug-likeness (QED) is 0.519. The minimum absolute atomic E-state index is 0.648. The maximum atomic E-state index is 3.22. The number of hydrogen-bond donors (Lipinski definition) is 0. The molecule has 0 amide bonds. The summed E-state index contributed by atoms with van der Waals surface area (Å²) in [4.78, 5) is 0. The summed E-state index contributed by atoms with van der Waals surface area (Å²) in [5, 5.41) is 0.648. The van der Waals surface area contributed by atoms with Gasteiger partial charge in [0.15, 0.2) is 0 Å². The van der Waals surface area contributed by atoms with Gasteiger partial charge in [0.2, 0.25) is 0 Å². The average Bonchev–Trinajstić information content (AvgIpc) is 2.32. The molecule has 2 bridgehead atoms. The monoisotopic (exact) mass is 196 g/mol. The smallest absolute Gasteiger partial charge is 0.0119 e. The highest BCUT2D eigenvalue weighted by atomic mass is 31.0. The molecule has 0 saturated heterocycles. The second-order valence-corrected chi connectivity index (χ2v) is 6.97. The molecule has 0 aromatic rings. The van der Waals surface area contributed by atoms with E-state index in [1.807, 2.05) is 0 Å². The standard InChI is InChI=1S/C12H21P/c1-9-11-6-4-10(11)3-2-5-12(9,13)8-7-11/h9-10H,2-8,13H2,1H3/t9-,10?,11?,12?/m0/s1. The Labute approximate surface area is 84.1 Å². The van der Waals surface area contributed by atoms with Crippen molar-refractivity contribution in [1.82, 2.24) is 0 Å². The molecule has 13 heavy (non-hydrogen) atoms. The third kappa shape index (κ3) is 0.916. The van der Waals surface area contributed by atoms with Crippen LogP contribution in [0.1, 0.15) is 51.9 Å². The van der Waals surface area contributed by atoms with E-state index in [0.29, 0.717) is 5.16 Å². The van der Waals surface area contributed by atoms with Gasteiger partial charge >= 0.3 is 0 Å². The van der Waals surface area contributed by atoms with Crippen LogP contribution in [0.2, 0.25) is 0 Å². The van der Waals surface area contributed by atoms with Crippen LogP contribution in [0.5, 0.6) is 0 Å². The van der Waals surface area contributed by atoms with Gasteiger partial charge in [-0.15, -0.1) is 9.24 Å². The zero-order chi connectivity index (χ0) is 9.10. The molecular formula is C12H21P. The Balaban J connectivity index is 1.99. The largest absolute Gasteiger partial charge is 0.131 e. The summed E-state index contributed by atoms with van der Waals surface area (Å²) in [7, 11) is 3.22. The highest BCUT2D eigenvalue weighted by Crippen LogP contribution is 2.69. The molecule has 0 aliphatic heterocycles. The topological polar surface area (TPSA) is 0 Å². The van der Waals surface area contributed by atoms with Crippen LogP contribution in [-0.2, 0) is 0 Å². The minimum Gasteiger partial charge on any atom is -0.131 e. The van der Waals surface area contributed by atoms with E-state index < -0.39 is 0 Å². The molecule has 3 aliphatic rings. The molecule has 3 rings (SSSR count). The molecule has 1 heteroatoms. The lowest BCUT2D eigenvalue weighted by molar-refractivity contribution is -0.00550. The van der Waals surface area contributed by atoms with Gasteiger partial charge in [0.05, 0.1) is 0 Å². The predicted octanol–water partition coefficient (Wildman–Crippen LogP) is 3.61. The second-order valence-electron chi connectivity index (χ2n) is 5.82. The summed E-state index contributed by atoms with van der Waals surface area (Å²) in [6, 6.07) is 0. The lowest BCUT2D eigenvalue weighted by atomic mass is 9.54. The zero-order valence-corrected chi connectivity index (χ0v) is 9.84. The number of hydrogen-bond acceptors (Lipinski definition) is 0. The van der Waals surface area contributed by atoms with E-state index in [1.165, 1.54) is 19.3 Å². The normalized spacial score (nSPS) is 59.5. The number of fused-ring (bicyclic) bond motifs is 1. The van der Waals surface area contributed by atoms with Gasteiger partial charge in [0.25, 0.3) is 0 Å². The molecule has 1 spiro atoms. The van der Waals surface area contributed by atoms with E-state index >= 15 is 0 Å². The molecule has 3 saturated carbocycles. The third-order valence-corrected chi connectivity index (χ3v) is 6.82. The first-order valence-electron chi connectivity index (χ1n) is 5.96. The fourth-order valence-electron chi connectivity index (χ4n) is 4.54. The van der Waals surface area contributed by atoms with Crippen LogP contribution in [0.25, 0.3) is 0 Å². The summed E-state index contributed by atoms with van der Waals surface area (Å²) >= 11 is 0. The van der Waals surface area contributed by atoms with Crippen LogP contribution in [0.15, 0.2) is 0 Å². The van der Waals surface area contributed by atoms with Gasteiger partial charge in [0, 0.05) is 0 Å². The highest BCUT2D eigenvalue weighted by molar-refractivity contribution is 7.19. The van der Waals surface area contributed by atoms with Crippen LogP contribution < -0.4 is 0 Å². The number of rotatable bonds is 0. The Morgan fingerprint density at radius 3 is 2.62 bits per heavy atom. The van der Waals surface area contributed by atoms with Crippen molar-refractivity contribution in [3.05, 3.63) is 0 Å². The molecule has 5 atom stereocenters. The average molecular weight is 196 g/mol. The molecule has 3 aliphatic carbocycles. The van der Waals surface area contributed by atoms with Crippen molar-refractivity contribution in [3.8, 4) is 0 Å². The van der Waals surface area contributed by atoms with Crippen molar-refractivity contribution in [1.29, 1.82) is 0 Å². The van der Waals surface area contributed by atoms with E-state index in [9.17, 15) is 0 Å². The van der Waals surface area contributed by atoms with E-state index in [-0.39, 0.29) is 0 Å². The van der Waals surface area contributed by atoms with E-state index in [1.54, 1.807) is 25.7 Å². The summed E-state index contributed by atoms with van der Waals surface area (Å²) in [6.07, 6.45) is 10.7. The maximum absolute atomic E-state index is 3.22. The van der Waals surface area contributed by atoms with E-state index in [0.717, 1.165) is 17.3 Å². The predicted molar refractivity (Wildman–Crippen MR) is 59.8 cm³/mol. The van der Waals surface area contributed by atoms with Crippen LogP contribution in [0, 0.1) is 17.3 Å². The Morgan fingerprint density at radius 1 is 1.08 bits per heavy atom. The minimum atomic E-state index is 0.648. The van der Waals surface area contributed by atoms with E-state index in [2.05, 4.69) is 16.2 Å². The first kappa shape index (κ1) is 8.72.